The van der Waals surface area contributed by atoms with Gasteiger partial charge in [-0.15, -0.1) is 23.1 Å². The van der Waals surface area contributed by atoms with Crippen molar-refractivity contribution < 1.29 is 0 Å². The van der Waals surface area contributed by atoms with Gasteiger partial charge in [-0.1, -0.05) is 50.1 Å². The number of benzene rings is 1. The average molecular weight is 399 g/mol. The molecule has 0 N–H and O–H groups in total. The third-order valence-electron chi connectivity index (χ3n) is 4.03. The van der Waals surface area contributed by atoms with Crippen LogP contribution in [0.3, 0.4) is 0 Å². The van der Waals surface area contributed by atoms with E-state index in [1.165, 1.54) is 0 Å². The summed E-state index contributed by atoms with van der Waals surface area (Å²) in [5.74, 6) is 0. The fourth-order valence-corrected chi connectivity index (χ4v) is 4.75. The zero-order valence-electron chi connectivity index (χ0n) is 14.7. The molecule has 2 nitrogen and oxygen atoms in total. The molecule has 3 aromatic rings. The Morgan fingerprint density at radius 1 is 1.27 bits per heavy atom. The molecule has 0 radical (unpaired) electrons. The van der Waals surface area contributed by atoms with E-state index in [1.807, 2.05) is 41.8 Å². The van der Waals surface area contributed by atoms with E-state index in [0.717, 1.165) is 39.6 Å². The molecule has 26 heavy (non-hydrogen) atoms. The Hall–Kier alpha value is -1.80. The Balaban J connectivity index is 2.16. The van der Waals surface area contributed by atoms with Gasteiger partial charge in [-0.05, 0) is 41.6 Å². The molecule has 3 rings (SSSR count). The van der Waals surface area contributed by atoms with Crippen LogP contribution >= 0.6 is 34.7 Å². The van der Waals surface area contributed by atoms with Crippen molar-refractivity contribution in [1.29, 1.82) is 5.26 Å². The lowest BCUT2D eigenvalue weighted by molar-refractivity contribution is 0.785. The number of thiophene rings is 1. The number of thioether (sulfide) groups is 1. The van der Waals surface area contributed by atoms with Crippen molar-refractivity contribution in [2.24, 2.45) is 0 Å². The summed E-state index contributed by atoms with van der Waals surface area (Å²) in [4.78, 5) is 5.94. The van der Waals surface area contributed by atoms with E-state index in [1.54, 1.807) is 23.1 Å². The summed E-state index contributed by atoms with van der Waals surface area (Å²) < 4.78 is 0. The van der Waals surface area contributed by atoms with Gasteiger partial charge in [-0.25, -0.2) is 4.98 Å². The molecule has 1 unspecified atom stereocenters. The normalized spacial score (nSPS) is 11.9. The number of pyridine rings is 1. The maximum Gasteiger partial charge on any atom is 0.115 e. The summed E-state index contributed by atoms with van der Waals surface area (Å²) in [7, 11) is 0. The summed E-state index contributed by atoms with van der Waals surface area (Å²) in [6.07, 6.45) is 2.21. The van der Waals surface area contributed by atoms with Gasteiger partial charge in [0, 0.05) is 15.8 Å². The Labute approximate surface area is 167 Å². The summed E-state index contributed by atoms with van der Waals surface area (Å²) in [5.41, 5.74) is 3.45. The molecule has 0 fully saturated rings. The fraction of sp³-hybridized carbons (Fsp3) is 0.238. The lowest BCUT2D eigenvalue weighted by atomic mass is 10.0. The first-order valence-corrected chi connectivity index (χ1v) is 10.7. The summed E-state index contributed by atoms with van der Waals surface area (Å²) in [6.45, 7) is 4.37. The molecule has 5 heteroatoms. The first-order valence-electron chi connectivity index (χ1n) is 8.54. The Morgan fingerprint density at radius 3 is 2.65 bits per heavy atom. The maximum atomic E-state index is 9.85. The van der Waals surface area contributed by atoms with E-state index in [0.29, 0.717) is 15.8 Å². The molecule has 0 bridgehead atoms. The quantitative estimate of drug-likeness (QED) is 0.409. The monoisotopic (exact) mass is 398 g/mol. The van der Waals surface area contributed by atoms with Gasteiger partial charge < -0.3 is 0 Å². The average Bonchev–Trinajstić information content (AvgIpc) is 3.16. The first-order chi connectivity index (χ1) is 12.6. The predicted molar refractivity (Wildman–Crippen MR) is 113 cm³/mol. The standard InChI is InChI=1S/C21H19ClN2S2/c1-3-5-14(2)26-21-18(13-23)17(15-7-9-16(22)10-8-15)12-19(24-21)20-6-4-11-25-20/h4,6-12,14H,3,5H2,1-2H3. The predicted octanol–water partition coefficient (Wildman–Crippen LogP) is 7.28. The highest BCUT2D eigenvalue weighted by atomic mass is 35.5. The molecule has 0 spiro atoms. The van der Waals surface area contributed by atoms with Gasteiger partial charge in [0.1, 0.15) is 11.1 Å². The molecule has 0 aliphatic heterocycles. The number of hydrogen-bond acceptors (Lipinski definition) is 4. The third kappa shape index (κ3) is 4.29. The van der Waals surface area contributed by atoms with Crippen molar-refractivity contribution in [3.05, 3.63) is 58.4 Å². The Kier molecular flexibility index (Phi) is 6.37. The van der Waals surface area contributed by atoms with E-state index in [-0.39, 0.29) is 0 Å². The van der Waals surface area contributed by atoms with Crippen molar-refractivity contribution in [3.63, 3.8) is 0 Å². The van der Waals surface area contributed by atoms with E-state index in [2.05, 4.69) is 26.0 Å². The molecule has 2 aromatic heterocycles. The van der Waals surface area contributed by atoms with Gasteiger partial charge in [0.25, 0.3) is 0 Å². The highest BCUT2D eigenvalue weighted by Gasteiger charge is 2.18. The molecule has 0 aliphatic rings. The highest BCUT2D eigenvalue weighted by molar-refractivity contribution is 7.99. The topological polar surface area (TPSA) is 36.7 Å². The lowest BCUT2D eigenvalue weighted by Gasteiger charge is -2.15. The van der Waals surface area contributed by atoms with Gasteiger partial charge >= 0.3 is 0 Å². The van der Waals surface area contributed by atoms with Crippen molar-refractivity contribution in [2.45, 2.75) is 37.0 Å². The van der Waals surface area contributed by atoms with Crippen LogP contribution < -0.4 is 0 Å². The summed E-state index contributed by atoms with van der Waals surface area (Å²) in [5, 5.41) is 13.8. The van der Waals surface area contributed by atoms with Gasteiger partial charge in [0.15, 0.2) is 0 Å². The zero-order valence-corrected chi connectivity index (χ0v) is 17.1. The van der Waals surface area contributed by atoms with Gasteiger partial charge in [0.05, 0.1) is 16.1 Å². The number of aromatic nitrogens is 1. The molecule has 0 saturated carbocycles. The molecule has 0 aliphatic carbocycles. The highest BCUT2D eigenvalue weighted by Crippen LogP contribution is 2.37. The van der Waals surface area contributed by atoms with Crippen LogP contribution in [0.2, 0.25) is 5.02 Å². The lowest BCUT2D eigenvalue weighted by Crippen LogP contribution is -2.00. The number of nitriles is 1. The SMILES string of the molecule is CCCC(C)Sc1nc(-c2cccs2)cc(-c2ccc(Cl)cc2)c1C#N. The number of hydrogen-bond donors (Lipinski definition) is 0. The van der Waals surface area contributed by atoms with E-state index in [9.17, 15) is 5.26 Å². The third-order valence-corrected chi connectivity index (χ3v) is 6.34. The number of rotatable bonds is 6. The van der Waals surface area contributed by atoms with Crippen LogP contribution in [-0.2, 0) is 0 Å². The van der Waals surface area contributed by atoms with Gasteiger partial charge in [-0.3, -0.25) is 0 Å². The molecule has 2 heterocycles. The minimum absolute atomic E-state index is 0.413. The van der Waals surface area contributed by atoms with Crippen molar-refractivity contribution in [3.8, 4) is 27.8 Å². The second-order valence-corrected chi connectivity index (χ2v) is 8.86. The smallest absolute Gasteiger partial charge is 0.115 e. The molecule has 1 atom stereocenters. The minimum Gasteiger partial charge on any atom is -0.239 e. The van der Waals surface area contributed by atoms with Crippen LogP contribution in [0.1, 0.15) is 32.3 Å². The van der Waals surface area contributed by atoms with Crippen LogP contribution in [-0.4, -0.2) is 10.2 Å². The Bertz CT molecular complexity index is 912. The number of nitrogens with zero attached hydrogens (tertiary/aromatic N) is 2. The molecule has 1 aromatic carbocycles. The summed E-state index contributed by atoms with van der Waals surface area (Å²) in [6, 6.07) is 16.1. The van der Waals surface area contributed by atoms with Gasteiger partial charge in [-0.2, -0.15) is 5.26 Å². The van der Waals surface area contributed by atoms with Crippen LogP contribution in [0, 0.1) is 11.3 Å². The second-order valence-electron chi connectivity index (χ2n) is 6.05. The second kappa shape index (κ2) is 8.73. The number of halogens is 1. The van der Waals surface area contributed by atoms with Crippen molar-refractivity contribution >= 4 is 34.7 Å². The van der Waals surface area contributed by atoms with E-state index < -0.39 is 0 Å². The van der Waals surface area contributed by atoms with Crippen LogP contribution in [0.4, 0.5) is 0 Å². The zero-order chi connectivity index (χ0) is 18.5. The van der Waals surface area contributed by atoms with Crippen LogP contribution in [0.5, 0.6) is 0 Å². The minimum atomic E-state index is 0.413. The van der Waals surface area contributed by atoms with Crippen molar-refractivity contribution in [1.82, 2.24) is 4.98 Å². The van der Waals surface area contributed by atoms with Crippen LogP contribution in [0.25, 0.3) is 21.7 Å². The van der Waals surface area contributed by atoms with Crippen molar-refractivity contribution in [2.75, 3.05) is 0 Å². The molecule has 0 saturated heterocycles. The molecule has 0 amide bonds. The fourth-order valence-electron chi connectivity index (χ4n) is 2.78. The largest absolute Gasteiger partial charge is 0.239 e. The summed E-state index contributed by atoms with van der Waals surface area (Å²) >= 11 is 9.39. The molecular weight excluding hydrogens is 380 g/mol. The van der Waals surface area contributed by atoms with E-state index >= 15 is 0 Å². The first kappa shape index (κ1) is 19.0. The van der Waals surface area contributed by atoms with Gasteiger partial charge in [0.2, 0.25) is 0 Å². The Morgan fingerprint density at radius 2 is 2.04 bits per heavy atom. The molecular formula is C21H19ClN2S2. The maximum absolute atomic E-state index is 9.85. The van der Waals surface area contributed by atoms with E-state index in [4.69, 9.17) is 16.6 Å². The van der Waals surface area contributed by atoms with Crippen LogP contribution in [0.15, 0.2) is 52.9 Å². The molecule has 132 valence electrons.